The molecule has 6 nitrogen and oxygen atoms in total. The van der Waals surface area contributed by atoms with Crippen LogP contribution in [0.3, 0.4) is 0 Å². The number of aliphatic imine (C=N–C) groups is 1. The first-order chi connectivity index (χ1) is 11.0. The van der Waals surface area contributed by atoms with Crippen LogP contribution in [-0.4, -0.2) is 65.2 Å². The Kier molecular flexibility index (Phi) is 12.7. The van der Waals surface area contributed by atoms with Crippen LogP contribution in [0.25, 0.3) is 0 Å². The van der Waals surface area contributed by atoms with Gasteiger partial charge < -0.3 is 15.5 Å². The van der Waals surface area contributed by atoms with Crippen molar-refractivity contribution in [1.82, 2.24) is 15.5 Å². The summed E-state index contributed by atoms with van der Waals surface area (Å²) in [5, 5.41) is 6.97. The number of likely N-dealkylation sites (N-methyl/N-ethyl adjacent to an activating group) is 1. The van der Waals surface area contributed by atoms with Crippen molar-refractivity contribution in [2.45, 2.75) is 57.2 Å². The SMILES string of the molecule is CCCNC(=NCC(=O)N(C)C)NC1CCCC(S(=O)CC)C1.I. The summed E-state index contributed by atoms with van der Waals surface area (Å²) in [6.45, 7) is 5.04. The van der Waals surface area contributed by atoms with Gasteiger partial charge in [-0.1, -0.05) is 20.3 Å². The highest BCUT2D eigenvalue weighted by Crippen LogP contribution is 2.22. The van der Waals surface area contributed by atoms with Gasteiger partial charge in [0.25, 0.3) is 0 Å². The van der Waals surface area contributed by atoms with Crippen molar-refractivity contribution < 1.29 is 9.00 Å². The van der Waals surface area contributed by atoms with Crippen LogP contribution in [0.4, 0.5) is 0 Å². The minimum Gasteiger partial charge on any atom is -0.356 e. The quantitative estimate of drug-likeness (QED) is 0.336. The van der Waals surface area contributed by atoms with Gasteiger partial charge in [0.05, 0.1) is 0 Å². The zero-order valence-electron chi connectivity index (χ0n) is 15.3. The van der Waals surface area contributed by atoms with Crippen LogP contribution in [0.15, 0.2) is 4.99 Å². The number of carbonyl (C=O) groups excluding carboxylic acids is 1. The van der Waals surface area contributed by atoms with E-state index in [4.69, 9.17) is 0 Å². The zero-order valence-corrected chi connectivity index (χ0v) is 18.5. The largest absolute Gasteiger partial charge is 0.356 e. The summed E-state index contributed by atoms with van der Waals surface area (Å²) in [5.41, 5.74) is 0. The summed E-state index contributed by atoms with van der Waals surface area (Å²) in [5.74, 6) is 1.40. The molecule has 8 heteroatoms. The minimum atomic E-state index is -0.733. The molecule has 1 aliphatic carbocycles. The number of halogens is 1. The van der Waals surface area contributed by atoms with Crippen LogP contribution in [-0.2, 0) is 15.6 Å². The van der Waals surface area contributed by atoms with Gasteiger partial charge in [-0.3, -0.25) is 9.00 Å². The predicted molar refractivity (Wildman–Crippen MR) is 113 cm³/mol. The number of hydrogen-bond acceptors (Lipinski definition) is 3. The van der Waals surface area contributed by atoms with Crippen LogP contribution in [0.1, 0.15) is 46.0 Å². The van der Waals surface area contributed by atoms with Crippen LogP contribution in [0, 0.1) is 0 Å². The Labute approximate surface area is 166 Å². The van der Waals surface area contributed by atoms with Crippen molar-refractivity contribution in [3.63, 3.8) is 0 Å². The molecule has 0 aromatic heterocycles. The molecule has 0 aliphatic heterocycles. The molecule has 0 bridgehead atoms. The van der Waals surface area contributed by atoms with E-state index in [-0.39, 0.29) is 47.7 Å². The van der Waals surface area contributed by atoms with E-state index in [2.05, 4.69) is 22.5 Å². The number of rotatable bonds is 7. The van der Waals surface area contributed by atoms with Gasteiger partial charge in [-0.15, -0.1) is 24.0 Å². The summed E-state index contributed by atoms with van der Waals surface area (Å²) < 4.78 is 12.0. The van der Waals surface area contributed by atoms with Gasteiger partial charge in [0.15, 0.2) is 5.96 Å². The van der Waals surface area contributed by atoms with E-state index >= 15 is 0 Å². The Morgan fingerprint density at radius 1 is 1.29 bits per heavy atom. The van der Waals surface area contributed by atoms with Gasteiger partial charge in [0.1, 0.15) is 6.54 Å². The Morgan fingerprint density at radius 3 is 2.58 bits per heavy atom. The van der Waals surface area contributed by atoms with Crippen LogP contribution in [0.2, 0.25) is 0 Å². The highest BCUT2D eigenvalue weighted by molar-refractivity contribution is 14.0. The first kappa shape index (κ1) is 23.6. The second-order valence-electron chi connectivity index (χ2n) is 6.18. The molecule has 3 unspecified atom stereocenters. The predicted octanol–water partition coefficient (Wildman–Crippen LogP) is 1.72. The van der Waals surface area contributed by atoms with E-state index in [0.29, 0.717) is 5.96 Å². The molecule has 0 saturated heterocycles. The molecule has 3 atom stereocenters. The molecule has 0 aromatic rings. The van der Waals surface area contributed by atoms with E-state index in [1.807, 2.05) is 6.92 Å². The normalized spacial score (nSPS) is 22.2. The minimum absolute atomic E-state index is 0. The van der Waals surface area contributed by atoms with Crippen molar-refractivity contribution in [2.24, 2.45) is 4.99 Å². The van der Waals surface area contributed by atoms with Gasteiger partial charge >= 0.3 is 0 Å². The second kappa shape index (κ2) is 12.9. The smallest absolute Gasteiger partial charge is 0.243 e. The van der Waals surface area contributed by atoms with Gasteiger partial charge in [0, 0.05) is 48.5 Å². The van der Waals surface area contributed by atoms with E-state index in [1.54, 1.807) is 19.0 Å². The Hall–Kier alpha value is -0.380. The molecular formula is C16H33IN4O2S. The van der Waals surface area contributed by atoms with Crippen molar-refractivity contribution in [3.8, 4) is 0 Å². The molecule has 24 heavy (non-hydrogen) atoms. The zero-order chi connectivity index (χ0) is 17.2. The molecule has 0 spiro atoms. The molecule has 1 saturated carbocycles. The van der Waals surface area contributed by atoms with Crippen molar-refractivity contribution >= 4 is 46.6 Å². The van der Waals surface area contributed by atoms with E-state index in [1.165, 1.54) is 0 Å². The Bertz CT molecular complexity index is 432. The molecule has 2 N–H and O–H groups in total. The number of nitrogens with one attached hydrogen (secondary N) is 2. The fraction of sp³-hybridized carbons (Fsp3) is 0.875. The lowest BCUT2D eigenvalue weighted by Crippen LogP contribution is -2.47. The number of nitrogens with zero attached hydrogens (tertiary/aromatic N) is 2. The Balaban J connectivity index is 0.00000529. The molecular weight excluding hydrogens is 439 g/mol. The average molecular weight is 472 g/mol. The standard InChI is InChI=1S/C16H32N4O2S.HI/c1-5-10-17-16(18-12-15(21)20(3)4)19-13-8-7-9-14(11-13)23(22)6-2;/h13-14H,5-12H2,1-4H3,(H2,17,18,19);1H. The van der Waals surface area contributed by atoms with E-state index in [9.17, 15) is 9.00 Å². The number of amides is 1. The number of guanidine groups is 1. The third-order valence-electron chi connectivity index (χ3n) is 4.04. The molecule has 1 fully saturated rings. The molecule has 0 heterocycles. The third kappa shape index (κ3) is 8.64. The van der Waals surface area contributed by atoms with Gasteiger partial charge in [-0.05, 0) is 25.7 Å². The molecule has 1 aliphatic rings. The van der Waals surface area contributed by atoms with E-state index < -0.39 is 10.8 Å². The molecule has 0 radical (unpaired) electrons. The van der Waals surface area contributed by atoms with Gasteiger partial charge in [-0.25, -0.2) is 4.99 Å². The van der Waals surface area contributed by atoms with E-state index in [0.717, 1.165) is 44.4 Å². The molecule has 1 rings (SSSR count). The number of carbonyl (C=O) groups is 1. The molecule has 0 aromatic carbocycles. The van der Waals surface area contributed by atoms with Crippen LogP contribution >= 0.6 is 24.0 Å². The van der Waals surface area contributed by atoms with Crippen molar-refractivity contribution in [1.29, 1.82) is 0 Å². The van der Waals surface area contributed by atoms with Crippen molar-refractivity contribution in [2.75, 3.05) is 32.9 Å². The topological polar surface area (TPSA) is 73.8 Å². The summed E-state index contributed by atoms with van der Waals surface area (Å²) in [7, 11) is 2.73. The maximum absolute atomic E-state index is 12.0. The van der Waals surface area contributed by atoms with Crippen LogP contribution < -0.4 is 10.6 Å². The number of hydrogen-bond donors (Lipinski definition) is 2. The van der Waals surface area contributed by atoms with Gasteiger partial charge in [0.2, 0.25) is 5.91 Å². The highest BCUT2D eigenvalue weighted by Gasteiger charge is 2.26. The summed E-state index contributed by atoms with van der Waals surface area (Å²) in [4.78, 5) is 17.7. The average Bonchev–Trinajstić information content (AvgIpc) is 2.56. The lowest BCUT2D eigenvalue weighted by atomic mass is 9.95. The fourth-order valence-corrected chi connectivity index (χ4v) is 3.98. The second-order valence-corrected chi connectivity index (χ2v) is 8.18. The lowest BCUT2D eigenvalue weighted by Gasteiger charge is -2.30. The molecule has 142 valence electrons. The maximum atomic E-state index is 12.0. The summed E-state index contributed by atoms with van der Waals surface area (Å²) in [6, 6.07) is 0.279. The summed E-state index contributed by atoms with van der Waals surface area (Å²) >= 11 is 0. The van der Waals surface area contributed by atoms with Crippen molar-refractivity contribution in [3.05, 3.63) is 0 Å². The highest BCUT2D eigenvalue weighted by atomic mass is 127. The third-order valence-corrected chi connectivity index (χ3v) is 5.78. The van der Waals surface area contributed by atoms with Gasteiger partial charge in [-0.2, -0.15) is 0 Å². The first-order valence-corrected chi connectivity index (χ1v) is 9.98. The maximum Gasteiger partial charge on any atom is 0.243 e. The summed E-state index contributed by atoms with van der Waals surface area (Å²) in [6.07, 6.45) is 5.11. The van der Waals surface area contributed by atoms with Crippen LogP contribution in [0.5, 0.6) is 0 Å². The monoisotopic (exact) mass is 472 g/mol. The Morgan fingerprint density at radius 2 is 2.00 bits per heavy atom. The fourth-order valence-electron chi connectivity index (χ4n) is 2.63. The first-order valence-electron chi connectivity index (χ1n) is 8.60. The lowest BCUT2D eigenvalue weighted by molar-refractivity contribution is -0.127. The molecule has 1 amide bonds.